The Bertz CT molecular complexity index is 175. The molecule has 0 aromatic carbocycles. The summed E-state index contributed by atoms with van der Waals surface area (Å²) in [7, 11) is 0. The summed E-state index contributed by atoms with van der Waals surface area (Å²) in [5, 5.41) is 3.11. The van der Waals surface area contributed by atoms with Gasteiger partial charge in [0.2, 0.25) is 5.91 Å². The van der Waals surface area contributed by atoms with Gasteiger partial charge in [-0.15, -0.1) is 0 Å². The fourth-order valence-corrected chi connectivity index (χ4v) is 0.758. The number of amides is 1. The molecule has 0 heterocycles. The van der Waals surface area contributed by atoms with Crippen LogP contribution >= 0.6 is 0 Å². The molecule has 1 atom stereocenters. The van der Waals surface area contributed by atoms with Crippen molar-refractivity contribution in [3.63, 3.8) is 0 Å². The minimum atomic E-state index is -0.340. The van der Waals surface area contributed by atoms with E-state index in [9.17, 15) is 4.79 Å². The molecule has 0 saturated carbocycles. The van der Waals surface area contributed by atoms with E-state index in [2.05, 4.69) is 10.8 Å². The van der Waals surface area contributed by atoms with Crippen molar-refractivity contribution in [3.05, 3.63) is 0 Å². The van der Waals surface area contributed by atoms with Crippen LogP contribution in [0.15, 0.2) is 0 Å². The first kappa shape index (κ1) is 13.4. The molecule has 0 bridgehead atoms. The van der Waals surface area contributed by atoms with E-state index in [0.717, 1.165) is 6.54 Å². The maximum atomic E-state index is 11.4. The summed E-state index contributed by atoms with van der Waals surface area (Å²) in [6, 6.07) is 0. The summed E-state index contributed by atoms with van der Waals surface area (Å²) in [4.78, 5) is 16.6. The Balaban J connectivity index is 3.73. The third-order valence-electron chi connectivity index (χ3n) is 1.61. The van der Waals surface area contributed by atoms with Gasteiger partial charge in [0.15, 0.2) is 0 Å². The molecule has 84 valence electrons. The molecule has 1 amide bonds. The van der Waals surface area contributed by atoms with Gasteiger partial charge in [-0.25, -0.2) is 5.48 Å². The second-order valence-electron chi connectivity index (χ2n) is 4.39. The Morgan fingerprint density at radius 2 is 2.00 bits per heavy atom. The van der Waals surface area contributed by atoms with Gasteiger partial charge in [-0.2, -0.15) is 0 Å². The van der Waals surface area contributed by atoms with Crippen molar-refractivity contribution in [2.45, 2.75) is 40.2 Å². The highest BCUT2D eigenvalue weighted by atomic mass is 16.7. The highest BCUT2D eigenvalue weighted by Crippen LogP contribution is 2.04. The Morgan fingerprint density at radius 3 is 2.43 bits per heavy atom. The minimum absolute atomic E-state index is 0.0719. The van der Waals surface area contributed by atoms with Gasteiger partial charge >= 0.3 is 0 Å². The lowest BCUT2D eigenvalue weighted by Crippen LogP contribution is -2.39. The van der Waals surface area contributed by atoms with Crippen LogP contribution in [-0.4, -0.2) is 24.6 Å². The van der Waals surface area contributed by atoms with Crippen LogP contribution in [0.25, 0.3) is 0 Å². The third-order valence-corrected chi connectivity index (χ3v) is 1.61. The van der Waals surface area contributed by atoms with Crippen molar-refractivity contribution in [1.29, 1.82) is 0 Å². The maximum absolute atomic E-state index is 11.4. The second-order valence-corrected chi connectivity index (χ2v) is 4.39. The number of carbonyl (C=O) groups excluding carboxylic acids is 1. The van der Waals surface area contributed by atoms with Gasteiger partial charge in [0.05, 0.1) is 5.60 Å². The maximum Gasteiger partial charge on any atom is 0.247 e. The molecule has 0 fully saturated rings. The lowest BCUT2D eigenvalue weighted by molar-refractivity contribution is -0.149. The first-order valence-corrected chi connectivity index (χ1v) is 5.05. The number of hydroxylamine groups is 1. The van der Waals surface area contributed by atoms with E-state index in [1.807, 2.05) is 34.6 Å². The van der Waals surface area contributed by atoms with E-state index in [4.69, 9.17) is 4.84 Å². The summed E-state index contributed by atoms with van der Waals surface area (Å²) >= 11 is 0. The molecule has 0 radical (unpaired) electrons. The normalized spacial score (nSPS) is 13.8. The SMILES string of the molecule is CCNCC(C)C(=O)NOC(C)(C)C. The van der Waals surface area contributed by atoms with Crippen LogP contribution in [0.1, 0.15) is 34.6 Å². The largest absolute Gasteiger partial charge is 0.316 e. The smallest absolute Gasteiger partial charge is 0.247 e. The van der Waals surface area contributed by atoms with Crippen LogP contribution < -0.4 is 10.8 Å². The Labute approximate surface area is 86.4 Å². The number of carbonyl (C=O) groups is 1. The summed E-state index contributed by atoms with van der Waals surface area (Å²) < 4.78 is 0. The minimum Gasteiger partial charge on any atom is -0.316 e. The Kier molecular flexibility index (Phi) is 5.72. The van der Waals surface area contributed by atoms with E-state index in [1.54, 1.807) is 0 Å². The quantitative estimate of drug-likeness (QED) is 0.656. The van der Waals surface area contributed by atoms with Crippen LogP contribution in [-0.2, 0) is 9.63 Å². The van der Waals surface area contributed by atoms with Crippen LogP contribution in [0.4, 0.5) is 0 Å². The van der Waals surface area contributed by atoms with Crippen LogP contribution in [0.3, 0.4) is 0 Å². The van der Waals surface area contributed by atoms with Gasteiger partial charge in [0.25, 0.3) is 0 Å². The summed E-state index contributed by atoms with van der Waals surface area (Å²) in [5.41, 5.74) is 2.11. The summed E-state index contributed by atoms with van der Waals surface area (Å²) in [5.74, 6) is -0.154. The molecular weight excluding hydrogens is 180 g/mol. The monoisotopic (exact) mass is 202 g/mol. The molecule has 4 heteroatoms. The van der Waals surface area contributed by atoms with Crippen molar-refractivity contribution >= 4 is 5.91 Å². The highest BCUT2D eigenvalue weighted by molar-refractivity contribution is 5.77. The predicted octanol–water partition coefficient (Wildman–Crippen LogP) is 1.08. The van der Waals surface area contributed by atoms with Crippen LogP contribution in [0.5, 0.6) is 0 Å². The van der Waals surface area contributed by atoms with E-state index in [-0.39, 0.29) is 17.4 Å². The van der Waals surface area contributed by atoms with Crippen molar-refractivity contribution in [3.8, 4) is 0 Å². The lowest BCUT2D eigenvalue weighted by Gasteiger charge is -2.20. The number of rotatable bonds is 5. The predicted molar refractivity (Wildman–Crippen MR) is 56.7 cm³/mol. The van der Waals surface area contributed by atoms with Gasteiger partial charge in [0, 0.05) is 12.5 Å². The van der Waals surface area contributed by atoms with E-state index in [0.29, 0.717) is 6.54 Å². The van der Waals surface area contributed by atoms with Gasteiger partial charge in [0.1, 0.15) is 0 Å². The molecule has 0 aliphatic rings. The molecule has 0 saturated heterocycles. The average molecular weight is 202 g/mol. The molecule has 0 aromatic heterocycles. The second kappa shape index (κ2) is 5.98. The topological polar surface area (TPSA) is 50.4 Å². The van der Waals surface area contributed by atoms with Gasteiger partial charge < -0.3 is 5.32 Å². The number of hydrogen-bond acceptors (Lipinski definition) is 3. The van der Waals surface area contributed by atoms with Crippen molar-refractivity contribution in [1.82, 2.24) is 10.8 Å². The average Bonchev–Trinajstić information content (AvgIpc) is 2.09. The number of nitrogens with one attached hydrogen (secondary N) is 2. The lowest BCUT2D eigenvalue weighted by atomic mass is 10.1. The van der Waals surface area contributed by atoms with Gasteiger partial charge in [-0.1, -0.05) is 13.8 Å². The van der Waals surface area contributed by atoms with Gasteiger partial charge in [-0.05, 0) is 27.3 Å². The zero-order valence-electron chi connectivity index (χ0n) is 9.81. The third kappa shape index (κ3) is 6.86. The Morgan fingerprint density at radius 1 is 1.43 bits per heavy atom. The zero-order chi connectivity index (χ0) is 11.2. The van der Waals surface area contributed by atoms with E-state index < -0.39 is 0 Å². The molecule has 0 rings (SSSR count). The highest BCUT2D eigenvalue weighted by Gasteiger charge is 2.16. The first-order valence-electron chi connectivity index (χ1n) is 5.05. The zero-order valence-corrected chi connectivity index (χ0v) is 9.81. The Hall–Kier alpha value is -0.610. The van der Waals surface area contributed by atoms with Crippen molar-refractivity contribution in [2.75, 3.05) is 13.1 Å². The van der Waals surface area contributed by atoms with Crippen molar-refractivity contribution in [2.24, 2.45) is 5.92 Å². The van der Waals surface area contributed by atoms with Crippen molar-refractivity contribution < 1.29 is 9.63 Å². The summed E-state index contributed by atoms with van der Waals surface area (Å²) in [6.07, 6.45) is 0. The van der Waals surface area contributed by atoms with E-state index in [1.165, 1.54) is 0 Å². The fourth-order valence-electron chi connectivity index (χ4n) is 0.758. The molecule has 0 aromatic rings. The van der Waals surface area contributed by atoms with Crippen LogP contribution in [0.2, 0.25) is 0 Å². The molecule has 14 heavy (non-hydrogen) atoms. The molecule has 1 unspecified atom stereocenters. The van der Waals surface area contributed by atoms with Crippen LogP contribution in [0, 0.1) is 5.92 Å². The van der Waals surface area contributed by atoms with E-state index >= 15 is 0 Å². The first-order chi connectivity index (χ1) is 6.37. The van der Waals surface area contributed by atoms with Gasteiger partial charge in [-0.3, -0.25) is 9.63 Å². The summed E-state index contributed by atoms with van der Waals surface area (Å²) in [6.45, 7) is 11.1. The molecule has 0 aliphatic carbocycles. The molecular formula is C10H22N2O2. The molecule has 0 spiro atoms. The standard InChI is InChI=1S/C10H22N2O2/c1-6-11-7-8(2)9(13)12-14-10(3,4)5/h8,11H,6-7H2,1-5H3,(H,12,13). The molecule has 4 nitrogen and oxygen atoms in total. The number of hydrogen-bond donors (Lipinski definition) is 2. The molecule has 2 N–H and O–H groups in total. The fraction of sp³-hybridized carbons (Fsp3) is 0.900. The molecule has 0 aliphatic heterocycles.